The van der Waals surface area contributed by atoms with Crippen molar-refractivity contribution in [2.24, 2.45) is 10.9 Å². The zero-order valence-electron chi connectivity index (χ0n) is 12.5. The highest BCUT2D eigenvalue weighted by Crippen LogP contribution is 2.21. The van der Waals surface area contributed by atoms with Crippen LogP contribution in [-0.4, -0.2) is 27.3 Å². The number of aliphatic carboxylic acids is 1. The molecule has 1 amide bonds. The Hall–Kier alpha value is -1.99. The Labute approximate surface area is 142 Å². The van der Waals surface area contributed by atoms with Gasteiger partial charge in [0.2, 0.25) is 11.2 Å². The maximum atomic E-state index is 11.1. The second-order valence-electron chi connectivity index (χ2n) is 4.89. The van der Waals surface area contributed by atoms with Gasteiger partial charge in [0.15, 0.2) is 0 Å². The lowest BCUT2D eigenvalue weighted by Gasteiger charge is -2.08. The lowest BCUT2D eigenvalue weighted by atomic mass is 10.0. The molecule has 0 saturated carbocycles. The third kappa shape index (κ3) is 4.49. The van der Waals surface area contributed by atoms with E-state index in [1.165, 1.54) is 11.3 Å². The summed E-state index contributed by atoms with van der Waals surface area (Å²) >= 11 is 7.15. The summed E-state index contributed by atoms with van der Waals surface area (Å²) < 4.78 is 1.58. The van der Waals surface area contributed by atoms with Crippen molar-refractivity contribution in [3.8, 4) is 10.6 Å². The molecule has 1 atom stereocenters. The number of aryl methyl sites for hydroxylation is 1. The van der Waals surface area contributed by atoms with Crippen molar-refractivity contribution in [2.45, 2.75) is 26.3 Å². The van der Waals surface area contributed by atoms with E-state index in [4.69, 9.17) is 16.7 Å². The summed E-state index contributed by atoms with van der Waals surface area (Å²) in [6, 6.07) is 7.19. The number of nitrogens with zero attached hydrogens (tertiary/aromatic N) is 3. The summed E-state index contributed by atoms with van der Waals surface area (Å²) in [4.78, 5) is 26.0. The summed E-state index contributed by atoms with van der Waals surface area (Å²) in [5.74, 6) is -1.26. The molecule has 0 fully saturated rings. The SMILES string of the molecule is CCC(CCn1nc(-c2ccc(Cl)cc2)sc1=NC=O)C(=O)O. The molecule has 1 unspecified atom stereocenters. The summed E-state index contributed by atoms with van der Waals surface area (Å²) in [6.07, 6.45) is 1.44. The molecule has 0 saturated heterocycles. The van der Waals surface area contributed by atoms with Crippen LogP contribution in [0.2, 0.25) is 5.02 Å². The number of rotatable bonds is 7. The molecule has 6 nitrogen and oxygen atoms in total. The molecule has 0 radical (unpaired) electrons. The number of carbonyl (C=O) groups is 2. The van der Waals surface area contributed by atoms with Crippen molar-refractivity contribution in [3.05, 3.63) is 34.1 Å². The normalized spacial score (nSPS) is 13.0. The van der Waals surface area contributed by atoms with Gasteiger partial charge in [0, 0.05) is 17.1 Å². The van der Waals surface area contributed by atoms with Crippen LogP contribution in [0.15, 0.2) is 29.3 Å². The predicted molar refractivity (Wildman–Crippen MR) is 88.2 cm³/mol. The van der Waals surface area contributed by atoms with Gasteiger partial charge in [-0.05, 0) is 25.0 Å². The van der Waals surface area contributed by atoms with Crippen molar-refractivity contribution in [3.63, 3.8) is 0 Å². The maximum Gasteiger partial charge on any atom is 0.306 e. The second kappa shape index (κ2) is 8.03. The molecule has 0 aliphatic rings. The Morgan fingerprint density at radius 3 is 2.74 bits per heavy atom. The van der Waals surface area contributed by atoms with Gasteiger partial charge in [-0.25, -0.2) is 4.68 Å². The molecule has 23 heavy (non-hydrogen) atoms. The fourth-order valence-electron chi connectivity index (χ4n) is 2.09. The summed E-state index contributed by atoms with van der Waals surface area (Å²) in [6.45, 7) is 2.22. The third-order valence-corrected chi connectivity index (χ3v) is 4.67. The van der Waals surface area contributed by atoms with Gasteiger partial charge in [-0.1, -0.05) is 42.0 Å². The van der Waals surface area contributed by atoms with E-state index in [0.29, 0.717) is 40.6 Å². The van der Waals surface area contributed by atoms with Crippen molar-refractivity contribution in [2.75, 3.05) is 0 Å². The van der Waals surface area contributed by atoms with Crippen LogP contribution in [0.5, 0.6) is 0 Å². The van der Waals surface area contributed by atoms with Crippen molar-refractivity contribution in [1.82, 2.24) is 9.78 Å². The van der Waals surface area contributed by atoms with Crippen LogP contribution in [0.25, 0.3) is 10.6 Å². The number of carbonyl (C=O) groups excluding carboxylic acids is 1. The standard InChI is InChI=1S/C15H16ClN3O3S/c1-2-10(14(21)22)7-8-19-15(17-9-20)23-13(18-19)11-3-5-12(16)6-4-11/h3-6,9-10H,2,7-8H2,1H3,(H,21,22). The monoisotopic (exact) mass is 353 g/mol. The zero-order valence-corrected chi connectivity index (χ0v) is 14.0. The van der Waals surface area contributed by atoms with E-state index in [2.05, 4.69) is 10.1 Å². The molecular formula is C15H16ClN3O3S. The molecule has 2 aromatic rings. The number of carboxylic acids is 1. The zero-order chi connectivity index (χ0) is 16.8. The average molecular weight is 354 g/mol. The van der Waals surface area contributed by atoms with Crippen molar-refractivity contribution < 1.29 is 14.7 Å². The molecule has 0 aliphatic heterocycles. The van der Waals surface area contributed by atoms with Crippen molar-refractivity contribution >= 4 is 35.3 Å². The molecular weight excluding hydrogens is 338 g/mol. The molecule has 2 rings (SSSR count). The van der Waals surface area contributed by atoms with E-state index in [1.807, 2.05) is 19.1 Å². The first-order valence-electron chi connectivity index (χ1n) is 7.09. The molecule has 1 aromatic carbocycles. The largest absolute Gasteiger partial charge is 0.481 e. The van der Waals surface area contributed by atoms with Gasteiger partial charge in [-0.2, -0.15) is 10.1 Å². The van der Waals surface area contributed by atoms with Crippen molar-refractivity contribution in [1.29, 1.82) is 0 Å². The number of hydrogen-bond donors (Lipinski definition) is 1. The average Bonchev–Trinajstić information content (AvgIpc) is 2.92. The molecule has 1 aromatic heterocycles. The fraction of sp³-hybridized carbons (Fsp3) is 0.333. The van der Waals surface area contributed by atoms with Gasteiger partial charge in [-0.3, -0.25) is 9.59 Å². The highest BCUT2D eigenvalue weighted by atomic mass is 35.5. The first-order chi connectivity index (χ1) is 11.0. The molecule has 122 valence electrons. The number of benzene rings is 1. The lowest BCUT2D eigenvalue weighted by molar-refractivity contribution is -0.142. The number of halogens is 1. The highest BCUT2D eigenvalue weighted by Gasteiger charge is 2.16. The molecule has 0 aliphatic carbocycles. The third-order valence-electron chi connectivity index (χ3n) is 3.41. The molecule has 1 N–H and O–H groups in total. The van der Waals surface area contributed by atoms with Crippen LogP contribution in [0.4, 0.5) is 0 Å². The second-order valence-corrected chi connectivity index (χ2v) is 6.28. The van der Waals surface area contributed by atoms with Gasteiger partial charge < -0.3 is 5.11 Å². The molecule has 0 bridgehead atoms. The fourth-order valence-corrected chi connectivity index (χ4v) is 3.11. The Kier molecular flexibility index (Phi) is 6.06. The Bertz CT molecular complexity index is 752. The minimum Gasteiger partial charge on any atom is -0.481 e. The Balaban J connectivity index is 2.28. The molecule has 0 spiro atoms. The Morgan fingerprint density at radius 2 is 2.17 bits per heavy atom. The first-order valence-corrected chi connectivity index (χ1v) is 8.28. The first kappa shape index (κ1) is 17.4. The quantitative estimate of drug-likeness (QED) is 0.775. The topological polar surface area (TPSA) is 84.5 Å². The summed E-state index contributed by atoms with van der Waals surface area (Å²) in [5.41, 5.74) is 0.866. The van der Waals surface area contributed by atoms with E-state index >= 15 is 0 Å². The minimum absolute atomic E-state index is 0.390. The van der Waals surface area contributed by atoms with E-state index < -0.39 is 11.9 Å². The van der Waals surface area contributed by atoms with Crippen LogP contribution < -0.4 is 4.80 Å². The Morgan fingerprint density at radius 1 is 1.48 bits per heavy atom. The minimum atomic E-state index is -0.824. The van der Waals surface area contributed by atoms with Crippen LogP contribution in [-0.2, 0) is 16.1 Å². The molecule has 1 heterocycles. The number of hydrogen-bond acceptors (Lipinski definition) is 4. The van der Waals surface area contributed by atoms with E-state index in [9.17, 15) is 9.59 Å². The van der Waals surface area contributed by atoms with E-state index in [1.54, 1.807) is 16.8 Å². The van der Waals surface area contributed by atoms with Gasteiger partial charge in [0.05, 0.1) is 5.92 Å². The summed E-state index contributed by atoms with van der Waals surface area (Å²) in [7, 11) is 0. The van der Waals surface area contributed by atoms with Crippen LogP contribution in [0, 0.1) is 5.92 Å². The van der Waals surface area contributed by atoms with E-state index in [0.717, 1.165) is 5.56 Å². The van der Waals surface area contributed by atoms with Gasteiger partial charge in [0.25, 0.3) is 0 Å². The van der Waals surface area contributed by atoms with Crippen LogP contribution in [0.3, 0.4) is 0 Å². The number of aromatic nitrogens is 2. The smallest absolute Gasteiger partial charge is 0.306 e. The van der Waals surface area contributed by atoms with Gasteiger partial charge in [-0.15, -0.1) is 0 Å². The van der Waals surface area contributed by atoms with Gasteiger partial charge in [0.1, 0.15) is 5.01 Å². The van der Waals surface area contributed by atoms with Gasteiger partial charge >= 0.3 is 5.97 Å². The lowest BCUT2D eigenvalue weighted by Crippen LogP contribution is -2.21. The predicted octanol–water partition coefficient (Wildman–Crippen LogP) is 2.82. The number of carboxylic acid groups (broad SMARTS) is 1. The number of amides is 1. The highest BCUT2D eigenvalue weighted by molar-refractivity contribution is 7.12. The van der Waals surface area contributed by atoms with E-state index in [-0.39, 0.29) is 0 Å². The van der Waals surface area contributed by atoms with Crippen LogP contribution >= 0.6 is 22.9 Å². The summed E-state index contributed by atoms with van der Waals surface area (Å²) in [5, 5.41) is 14.9. The molecule has 8 heteroatoms. The van der Waals surface area contributed by atoms with Crippen LogP contribution in [0.1, 0.15) is 19.8 Å². The maximum absolute atomic E-state index is 11.1.